The number of benzene rings is 1. The number of aryl methyl sites for hydroxylation is 1. The van der Waals surface area contributed by atoms with Crippen LogP contribution in [0.4, 0.5) is 5.69 Å². The molecule has 0 spiro atoms. The lowest BCUT2D eigenvalue weighted by molar-refractivity contribution is 0.727. The van der Waals surface area contributed by atoms with E-state index in [0.29, 0.717) is 5.92 Å². The van der Waals surface area contributed by atoms with Crippen LogP contribution >= 0.6 is 0 Å². The van der Waals surface area contributed by atoms with E-state index >= 15 is 0 Å². The minimum Gasteiger partial charge on any atom is -0.397 e. The van der Waals surface area contributed by atoms with Gasteiger partial charge in [0.2, 0.25) is 0 Å². The summed E-state index contributed by atoms with van der Waals surface area (Å²) in [7, 11) is 0. The fraction of sp³-hybridized carbons (Fsp3) is 0.400. The van der Waals surface area contributed by atoms with E-state index in [-0.39, 0.29) is 0 Å². The van der Waals surface area contributed by atoms with Crippen LogP contribution in [-0.2, 0) is 0 Å². The summed E-state index contributed by atoms with van der Waals surface area (Å²) >= 11 is 0. The van der Waals surface area contributed by atoms with Gasteiger partial charge >= 0.3 is 0 Å². The van der Waals surface area contributed by atoms with Crippen LogP contribution in [0.5, 0.6) is 0 Å². The lowest BCUT2D eigenvalue weighted by Crippen LogP contribution is -1.99. The van der Waals surface area contributed by atoms with Gasteiger partial charge in [0.15, 0.2) is 0 Å². The Labute approximate surface area is 102 Å². The van der Waals surface area contributed by atoms with Gasteiger partial charge in [-0.3, -0.25) is 4.98 Å². The highest BCUT2D eigenvalue weighted by Crippen LogP contribution is 2.38. The standard InChI is InChI=1S/C15H18N2/c1-10-9-13(11-5-2-3-6-11)12-7-4-8-14(16)15(12)17-10/h4,7-9,11H,2-3,5-6,16H2,1H3. The highest BCUT2D eigenvalue weighted by atomic mass is 14.7. The summed E-state index contributed by atoms with van der Waals surface area (Å²) in [5.74, 6) is 0.709. The van der Waals surface area contributed by atoms with Gasteiger partial charge in [-0.2, -0.15) is 0 Å². The Morgan fingerprint density at radius 3 is 2.76 bits per heavy atom. The second-order valence-electron chi connectivity index (χ2n) is 5.08. The van der Waals surface area contributed by atoms with Crippen molar-refractivity contribution < 1.29 is 0 Å². The molecule has 0 atom stereocenters. The van der Waals surface area contributed by atoms with Crippen molar-refractivity contribution in [1.82, 2.24) is 4.98 Å². The van der Waals surface area contributed by atoms with Gasteiger partial charge < -0.3 is 5.73 Å². The van der Waals surface area contributed by atoms with Crippen LogP contribution in [0.15, 0.2) is 24.3 Å². The second-order valence-corrected chi connectivity index (χ2v) is 5.08. The molecule has 0 bridgehead atoms. The third kappa shape index (κ3) is 1.78. The van der Waals surface area contributed by atoms with Gasteiger partial charge in [0, 0.05) is 11.1 Å². The molecule has 1 aliphatic rings. The van der Waals surface area contributed by atoms with E-state index in [1.54, 1.807) is 0 Å². The summed E-state index contributed by atoms with van der Waals surface area (Å²) in [6.07, 6.45) is 5.34. The molecule has 3 rings (SSSR count). The van der Waals surface area contributed by atoms with Crippen molar-refractivity contribution in [2.45, 2.75) is 38.5 Å². The van der Waals surface area contributed by atoms with Crippen LogP contribution in [0.3, 0.4) is 0 Å². The number of nitrogens with two attached hydrogens (primary N) is 1. The van der Waals surface area contributed by atoms with E-state index < -0.39 is 0 Å². The molecule has 1 fully saturated rings. The van der Waals surface area contributed by atoms with Crippen molar-refractivity contribution in [3.05, 3.63) is 35.5 Å². The lowest BCUT2D eigenvalue weighted by Gasteiger charge is -2.14. The largest absolute Gasteiger partial charge is 0.397 e. The number of aromatic nitrogens is 1. The SMILES string of the molecule is Cc1cc(C2CCCC2)c2cccc(N)c2n1. The zero-order chi connectivity index (χ0) is 11.8. The molecule has 0 saturated heterocycles. The van der Waals surface area contributed by atoms with Crippen LogP contribution in [0.1, 0.15) is 42.9 Å². The quantitative estimate of drug-likeness (QED) is 0.751. The van der Waals surface area contributed by atoms with E-state index in [2.05, 4.69) is 24.0 Å². The summed E-state index contributed by atoms with van der Waals surface area (Å²) in [4.78, 5) is 4.58. The van der Waals surface area contributed by atoms with E-state index in [0.717, 1.165) is 16.9 Å². The first-order valence-electron chi connectivity index (χ1n) is 6.41. The number of hydrogen-bond acceptors (Lipinski definition) is 2. The third-order valence-corrected chi connectivity index (χ3v) is 3.83. The Kier molecular flexibility index (Phi) is 2.50. The topological polar surface area (TPSA) is 38.9 Å². The second kappa shape index (κ2) is 4.02. The predicted octanol–water partition coefficient (Wildman–Crippen LogP) is 3.78. The highest BCUT2D eigenvalue weighted by molar-refractivity contribution is 5.92. The molecule has 0 aliphatic heterocycles. The minimum atomic E-state index is 0.709. The average molecular weight is 226 g/mol. The van der Waals surface area contributed by atoms with Crippen LogP contribution < -0.4 is 5.73 Å². The van der Waals surface area contributed by atoms with Gasteiger partial charge in [0.25, 0.3) is 0 Å². The Morgan fingerprint density at radius 2 is 2.00 bits per heavy atom. The number of rotatable bonds is 1. The molecule has 0 amide bonds. The van der Waals surface area contributed by atoms with Crippen molar-refractivity contribution in [3.63, 3.8) is 0 Å². The Balaban J connectivity index is 2.25. The first kappa shape index (κ1) is 10.6. The molecule has 88 valence electrons. The summed E-state index contributed by atoms with van der Waals surface area (Å²) in [6, 6.07) is 8.38. The molecule has 17 heavy (non-hydrogen) atoms. The van der Waals surface area contributed by atoms with Gasteiger partial charge in [-0.15, -0.1) is 0 Å². The first-order valence-corrected chi connectivity index (χ1v) is 6.41. The van der Waals surface area contributed by atoms with Crippen molar-refractivity contribution >= 4 is 16.6 Å². The lowest BCUT2D eigenvalue weighted by atomic mass is 9.93. The Hall–Kier alpha value is -1.57. The molecule has 0 radical (unpaired) electrons. The fourth-order valence-corrected chi connectivity index (χ4v) is 3.01. The molecule has 2 heteroatoms. The molecular formula is C15H18N2. The highest BCUT2D eigenvalue weighted by Gasteiger charge is 2.20. The maximum absolute atomic E-state index is 6.03. The van der Waals surface area contributed by atoms with Gasteiger partial charge in [0.1, 0.15) is 0 Å². The number of para-hydroxylation sites is 1. The Morgan fingerprint density at radius 1 is 1.24 bits per heavy atom. The molecule has 2 nitrogen and oxygen atoms in total. The zero-order valence-corrected chi connectivity index (χ0v) is 10.2. The van der Waals surface area contributed by atoms with Crippen LogP contribution in [0.25, 0.3) is 10.9 Å². The van der Waals surface area contributed by atoms with E-state index in [1.807, 2.05) is 12.1 Å². The first-order chi connectivity index (χ1) is 8.25. The molecule has 1 aromatic carbocycles. The van der Waals surface area contributed by atoms with E-state index in [9.17, 15) is 0 Å². The predicted molar refractivity (Wildman–Crippen MR) is 72.1 cm³/mol. The van der Waals surface area contributed by atoms with E-state index in [1.165, 1.54) is 36.6 Å². The van der Waals surface area contributed by atoms with Crippen molar-refractivity contribution in [2.75, 3.05) is 5.73 Å². The smallest absolute Gasteiger partial charge is 0.0937 e. The normalized spacial score (nSPS) is 16.8. The molecule has 2 aromatic rings. The fourth-order valence-electron chi connectivity index (χ4n) is 3.01. The average Bonchev–Trinajstić information content (AvgIpc) is 2.83. The van der Waals surface area contributed by atoms with Crippen LogP contribution in [0.2, 0.25) is 0 Å². The summed E-state index contributed by atoms with van der Waals surface area (Å²) in [5.41, 5.74) is 10.3. The van der Waals surface area contributed by atoms with Gasteiger partial charge in [0.05, 0.1) is 11.2 Å². The minimum absolute atomic E-state index is 0.709. The number of pyridine rings is 1. The van der Waals surface area contributed by atoms with Crippen molar-refractivity contribution in [1.29, 1.82) is 0 Å². The number of anilines is 1. The summed E-state index contributed by atoms with van der Waals surface area (Å²) in [5, 5.41) is 1.25. The third-order valence-electron chi connectivity index (χ3n) is 3.83. The van der Waals surface area contributed by atoms with Crippen molar-refractivity contribution in [3.8, 4) is 0 Å². The summed E-state index contributed by atoms with van der Waals surface area (Å²) < 4.78 is 0. The Bertz CT molecular complexity index is 554. The molecule has 1 saturated carbocycles. The molecule has 0 unspecified atom stereocenters. The number of nitrogen functional groups attached to an aromatic ring is 1. The van der Waals surface area contributed by atoms with Gasteiger partial charge in [-0.25, -0.2) is 0 Å². The maximum Gasteiger partial charge on any atom is 0.0937 e. The van der Waals surface area contributed by atoms with Crippen molar-refractivity contribution in [2.24, 2.45) is 0 Å². The molecule has 1 heterocycles. The molecule has 1 aromatic heterocycles. The molecular weight excluding hydrogens is 208 g/mol. The maximum atomic E-state index is 6.03. The zero-order valence-electron chi connectivity index (χ0n) is 10.2. The van der Waals surface area contributed by atoms with Crippen LogP contribution in [0, 0.1) is 6.92 Å². The molecule has 1 aliphatic carbocycles. The van der Waals surface area contributed by atoms with Gasteiger partial charge in [-0.1, -0.05) is 25.0 Å². The number of nitrogens with zero attached hydrogens (tertiary/aromatic N) is 1. The van der Waals surface area contributed by atoms with E-state index in [4.69, 9.17) is 5.73 Å². The van der Waals surface area contributed by atoms with Crippen LogP contribution in [-0.4, -0.2) is 4.98 Å². The molecule has 2 N–H and O–H groups in total. The van der Waals surface area contributed by atoms with Gasteiger partial charge in [-0.05, 0) is 43.4 Å². The summed E-state index contributed by atoms with van der Waals surface area (Å²) in [6.45, 7) is 2.06. The number of hydrogen-bond donors (Lipinski definition) is 1. The monoisotopic (exact) mass is 226 g/mol. The number of fused-ring (bicyclic) bond motifs is 1.